The lowest BCUT2D eigenvalue weighted by atomic mass is 9.92. The van der Waals surface area contributed by atoms with E-state index >= 15 is 0 Å². The smallest absolute Gasteiger partial charge is 0.235 e. The molecule has 0 spiro atoms. The van der Waals surface area contributed by atoms with Crippen LogP contribution in [0.15, 0.2) is 28.7 Å². The van der Waals surface area contributed by atoms with Gasteiger partial charge < -0.3 is 14.1 Å². The van der Waals surface area contributed by atoms with Gasteiger partial charge in [-0.1, -0.05) is 32.0 Å². The molecule has 3 rings (SSSR count). The molecule has 0 amide bonds. The highest BCUT2D eigenvalue weighted by Crippen LogP contribution is 2.30. The number of methoxy groups -OCH3 is 1. The van der Waals surface area contributed by atoms with Crippen molar-refractivity contribution in [2.45, 2.75) is 20.3 Å². The van der Waals surface area contributed by atoms with Gasteiger partial charge in [0.05, 0.1) is 7.11 Å². The number of nitriles is 1. The molecule has 0 saturated carbocycles. The average molecular weight is 337 g/mol. The first-order chi connectivity index (χ1) is 12.1. The van der Waals surface area contributed by atoms with E-state index in [4.69, 9.17) is 9.15 Å². The first kappa shape index (κ1) is 17.1. The molecule has 0 radical (unpaired) electrons. The van der Waals surface area contributed by atoms with Gasteiger partial charge >= 0.3 is 0 Å². The lowest BCUT2D eigenvalue weighted by Gasteiger charge is -2.34. The number of nitrogens with zero attached hydrogens (tertiary/aromatic N) is 3. The Balaban J connectivity index is 1.86. The highest BCUT2D eigenvalue weighted by Gasteiger charge is 2.27. The average Bonchev–Trinajstić information content (AvgIpc) is 3.03. The molecular formula is C20H23N3O2. The molecule has 130 valence electrons. The number of para-hydroxylation sites is 1. The third kappa shape index (κ3) is 3.85. The minimum absolute atomic E-state index is 0.348. The van der Waals surface area contributed by atoms with Crippen molar-refractivity contribution < 1.29 is 9.15 Å². The van der Waals surface area contributed by atoms with Gasteiger partial charge in [-0.15, -0.1) is 0 Å². The molecule has 5 nitrogen and oxygen atoms in total. The maximum absolute atomic E-state index is 9.42. The van der Waals surface area contributed by atoms with Crippen LogP contribution in [0.1, 0.15) is 37.4 Å². The Kier molecular flexibility index (Phi) is 5.08. The summed E-state index contributed by atoms with van der Waals surface area (Å²) in [6.45, 7) is 6.24. The van der Waals surface area contributed by atoms with Crippen LogP contribution < -0.4 is 9.64 Å². The lowest BCUT2D eigenvalue weighted by Crippen LogP contribution is -2.38. The topological polar surface area (TPSA) is 62.3 Å². The van der Waals surface area contributed by atoms with Crippen molar-refractivity contribution in [1.82, 2.24) is 4.98 Å². The molecule has 1 saturated heterocycles. The first-order valence-electron chi connectivity index (χ1n) is 8.57. The molecule has 2 atom stereocenters. The van der Waals surface area contributed by atoms with Crippen molar-refractivity contribution in [1.29, 1.82) is 5.26 Å². The van der Waals surface area contributed by atoms with Crippen LogP contribution >= 0.6 is 0 Å². The zero-order valence-electron chi connectivity index (χ0n) is 14.9. The van der Waals surface area contributed by atoms with E-state index < -0.39 is 0 Å². The van der Waals surface area contributed by atoms with Crippen LogP contribution in [0, 0.1) is 23.2 Å². The molecule has 25 heavy (non-hydrogen) atoms. The van der Waals surface area contributed by atoms with Gasteiger partial charge in [0.15, 0.2) is 0 Å². The largest absolute Gasteiger partial charge is 0.496 e. The summed E-state index contributed by atoms with van der Waals surface area (Å²) in [5, 5.41) is 9.42. The number of hydrogen-bond donors (Lipinski definition) is 0. The van der Waals surface area contributed by atoms with E-state index in [0.29, 0.717) is 29.3 Å². The molecule has 0 bridgehead atoms. The van der Waals surface area contributed by atoms with Crippen LogP contribution in [-0.4, -0.2) is 25.2 Å². The second kappa shape index (κ2) is 7.43. The third-order valence-corrected chi connectivity index (χ3v) is 4.43. The number of hydrogen-bond acceptors (Lipinski definition) is 5. The number of rotatable bonds is 4. The summed E-state index contributed by atoms with van der Waals surface area (Å²) in [6.07, 6.45) is 4.86. The van der Waals surface area contributed by atoms with Crippen molar-refractivity contribution in [3.05, 3.63) is 41.4 Å². The normalized spacial score (nSPS) is 20.6. The predicted molar refractivity (Wildman–Crippen MR) is 98.3 cm³/mol. The van der Waals surface area contributed by atoms with Crippen LogP contribution in [0.5, 0.6) is 5.75 Å². The van der Waals surface area contributed by atoms with Gasteiger partial charge in [0.25, 0.3) is 0 Å². The molecule has 1 aromatic heterocycles. The fourth-order valence-electron chi connectivity index (χ4n) is 3.48. The summed E-state index contributed by atoms with van der Waals surface area (Å²) in [5.41, 5.74) is 1.28. The highest BCUT2D eigenvalue weighted by molar-refractivity contribution is 5.70. The Hall–Kier alpha value is -2.74. The number of piperidine rings is 1. The fourth-order valence-corrected chi connectivity index (χ4v) is 3.48. The van der Waals surface area contributed by atoms with Crippen molar-refractivity contribution >= 4 is 18.0 Å². The zero-order chi connectivity index (χ0) is 17.8. The molecule has 1 aliphatic rings. The monoisotopic (exact) mass is 337 g/mol. The standard InChI is InChI=1S/C20H23N3O2/c1-14-10-15(2)13-23(12-14)20-17(11-21)22-19(25-20)9-8-16-6-4-5-7-18(16)24-3/h4-9,14-15H,10,12-13H2,1-3H3/b9-8+. The van der Waals surface area contributed by atoms with Gasteiger partial charge in [-0.3, -0.25) is 0 Å². The molecule has 2 heterocycles. The Labute approximate surface area is 148 Å². The molecule has 0 N–H and O–H groups in total. The van der Waals surface area contributed by atoms with E-state index in [2.05, 4.69) is 29.8 Å². The summed E-state index contributed by atoms with van der Waals surface area (Å²) >= 11 is 0. The summed E-state index contributed by atoms with van der Waals surface area (Å²) < 4.78 is 11.2. The van der Waals surface area contributed by atoms with Crippen LogP contribution in [0.4, 0.5) is 5.88 Å². The third-order valence-electron chi connectivity index (χ3n) is 4.43. The van der Waals surface area contributed by atoms with Gasteiger partial charge in [0.2, 0.25) is 17.5 Å². The second-order valence-corrected chi connectivity index (χ2v) is 6.74. The number of ether oxygens (including phenoxy) is 1. The Morgan fingerprint density at radius 1 is 1.24 bits per heavy atom. The van der Waals surface area contributed by atoms with Crippen molar-refractivity contribution in [3.8, 4) is 11.8 Å². The summed E-state index contributed by atoms with van der Waals surface area (Å²) in [7, 11) is 1.64. The van der Waals surface area contributed by atoms with Gasteiger partial charge in [-0.2, -0.15) is 10.2 Å². The van der Waals surface area contributed by atoms with Crippen molar-refractivity contribution in [3.63, 3.8) is 0 Å². The van der Waals surface area contributed by atoms with Gasteiger partial charge in [-0.25, -0.2) is 0 Å². The zero-order valence-corrected chi connectivity index (χ0v) is 14.9. The number of benzene rings is 1. The van der Waals surface area contributed by atoms with Gasteiger partial charge in [0, 0.05) is 24.7 Å². The quantitative estimate of drug-likeness (QED) is 0.836. The van der Waals surface area contributed by atoms with Gasteiger partial charge in [0.1, 0.15) is 11.8 Å². The lowest BCUT2D eigenvalue weighted by molar-refractivity contribution is 0.342. The van der Waals surface area contributed by atoms with Gasteiger partial charge in [-0.05, 0) is 30.4 Å². The van der Waals surface area contributed by atoms with Crippen LogP contribution in [0.2, 0.25) is 0 Å². The minimum Gasteiger partial charge on any atom is -0.496 e. The molecular weight excluding hydrogens is 314 g/mol. The molecule has 1 aliphatic heterocycles. The molecule has 1 fully saturated rings. The highest BCUT2D eigenvalue weighted by atomic mass is 16.5. The number of anilines is 1. The number of oxazole rings is 1. The van der Waals surface area contributed by atoms with E-state index in [0.717, 1.165) is 24.4 Å². The van der Waals surface area contributed by atoms with Crippen molar-refractivity contribution in [2.24, 2.45) is 11.8 Å². The van der Waals surface area contributed by atoms with Crippen molar-refractivity contribution in [2.75, 3.05) is 25.1 Å². The first-order valence-corrected chi connectivity index (χ1v) is 8.57. The van der Waals surface area contributed by atoms with E-state index in [9.17, 15) is 5.26 Å². The summed E-state index contributed by atoms with van der Waals surface area (Å²) in [5.74, 6) is 2.95. The van der Waals surface area contributed by atoms with Crippen LogP contribution in [-0.2, 0) is 0 Å². The maximum Gasteiger partial charge on any atom is 0.235 e. The molecule has 1 aromatic carbocycles. The van der Waals surface area contributed by atoms with E-state index in [1.807, 2.05) is 30.3 Å². The Morgan fingerprint density at radius 2 is 1.96 bits per heavy atom. The number of aromatic nitrogens is 1. The van der Waals surface area contributed by atoms with E-state index in [1.165, 1.54) is 6.42 Å². The summed E-state index contributed by atoms with van der Waals surface area (Å²) in [6, 6.07) is 9.88. The summed E-state index contributed by atoms with van der Waals surface area (Å²) in [4.78, 5) is 6.47. The van der Waals surface area contributed by atoms with Crippen LogP contribution in [0.3, 0.4) is 0 Å². The second-order valence-electron chi connectivity index (χ2n) is 6.74. The van der Waals surface area contributed by atoms with E-state index in [1.54, 1.807) is 13.2 Å². The molecule has 0 aliphatic carbocycles. The SMILES string of the molecule is COc1ccccc1/C=C/c1nc(C#N)c(N2CC(C)CC(C)C2)o1. The Morgan fingerprint density at radius 3 is 2.64 bits per heavy atom. The minimum atomic E-state index is 0.348. The molecule has 2 aromatic rings. The van der Waals surface area contributed by atoms with E-state index in [-0.39, 0.29) is 0 Å². The predicted octanol–water partition coefficient (Wildman–Crippen LogP) is 4.21. The van der Waals surface area contributed by atoms with Crippen LogP contribution in [0.25, 0.3) is 12.2 Å². The Bertz CT molecular complexity index is 794. The molecule has 2 unspecified atom stereocenters. The maximum atomic E-state index is 9.42. The molecule has 5 heteroatoms. The fraction of sp³-hybridized carbons (Fsp3) is 0.400.